The molecule has 0 aromatic heterocycles. The van der Waals surface area contributed by atoms with Gasteiger partial charge in [-0.1, -0.05) is 13.3 Å². The van der Waals surface area contributed by atoms with Gasteiger partial charge in [0.25, 0.3) is 5.91 Å². The Morgan fingerprint density at radius 3 is 2.24 bits per heavy atom. The number of benzene rings is 1. The second-order valence-electron chi connectivity index (χ2n) is 4.35. The summed E-state index contributed by atoms with van der Waals surface area (Å²) in [6.45, 7) is 1.95. The van der Waals surface area contributed by atoms with Crippen molar-refractivity contribution in [1.82, 2.24) is 5.32 Å². The summed E-state index contributed by atoms with van der Waals surface area (Å²) in [7, 11) is 4.46. The third-order valence-corrected chi connectivity index (χ3v) is 2.99. The lowest BCUT2D eigenvalue weighted by Gasteiger charge is -2.15. The van der Waals surface area contributed by atoms with Crippen LogP contribution in [0.1, 0.15) is 30.1 Å². The predicted molar refractivity (Wildman–Crippen MR) is 77.9 cm³/mol. The number of hydrogen-bond donors (Lipinski definition) is 1. The van der Waals surface area contributed by atoms with Gasteiger partial charge in [0, 0.05) is 12.1 Å². The van der Waals surface area contributed by atoms with Crippen LogP contribution < -0.4 is 19.5 Å². The summed E-state index contributed by atoms with van der Waals surface area (Å²) in [5, 5.41) is 11.7. The zero-order valence-corrected chi connectivity index (χ0v) is 12.7. The van der Waals surface area contributed by atoms with Gasteiger partial charge in [0.1, 0.15) is 11.8 Å². The predicted octanol–water partition coefficient (Wildman–Crippen LogP) is 2.13. The second-order valence-corrected chi connectivity index (χ2v) is 4.35. The SMILES string of the molecule is CCCC(C#N)NC(=O)c1cc(OC)c(OC)cc1OC. The van der Waals surface area contributed by atoms with E-state index in [2.05, 4.69) is 11.4 Å². The molecule has 0 fully saturated rings. The summed E-state index contributed by atoms with van der Waals surface area (Å²) in [4.78, 5) is 12.3. The average Bonchev–Trinajstić information content (AvgIpc) is 2.52. The Labute approximate surface area is 124 Å². The molecule has 0 saturated carbocycles. The quantitative estimate of drug-likeness (QED) is 0.832. The van der Waals surface area contributed by atoms with E-state index in [-0.39, 0.29) is 5.91 Å². The molecule has 0 aliphatic carbocycles. The molecule has 0 spiro atoms. The summed E-state index contributed by atoms with van der Waals surface area (Å²) < 4.78 is 15.5. The molecular formula is C15H20N2O4. The molecule has 21 heavy (non-hydrogen) atoms. The molecular weight excluding hydrogens is 272 g/mol. The Balaban J connectivity index is 3.10. The smallest absolute Gasteiger partial charge is 0.256 e. The van der Waals surface area contributed by atoms with Gasteiger partial charge in [-0.25, -0.2) is 0 Å². The Morgan fingerprint density at radius 2 is 1.76 bits per heavy atom. The molecule has 1 N–H and O–H groups in total. The largest absolute Gasteiger partial charge is 0.496 e. The number of hydrogen-bond acceptors (Lipinski definition) is 5. The van der Waals surface area contributed by atoms with E-state index in [1.54, 1.807) is 6.07 Å². The van der Waals surface area contributed by atoms with Gasteiger partial charge >= 0.3 is 0 Å². The summed E-state index contributed by atoms with van der Waals surface area (Å²) in [5.74, 6) is 0.870. The Morgan fingerprint density at radius 1 is 1.19 bits per heavy atom. The van der Waals surface area contributed by atoms with Gasteiger partial charge in [0.15, 0.2) is 11.5 Å². The first-order valence-electron chi connectivity index (χ1n) is 6.61. The highest BCUT2D eigenvalue weighted by atomic mass is 16.5. The van der Waals surface area contributed by atoms with Crippen LogP contribution in [0.15, 0.2) is 12.1 Å². The van der Waals surface area contributed by atoms with Gasteiger partial charge in [-0.15, -0.1) is 0 Å². The minimum atomic E-state index is -0.527. The first-order chi connectivity index (χ1) is 10.1. The fourth-order valence-corrected chi connectivity index (χ4v) is 1.90. The summed E-state index contributed by atoms with van der Waals surface area (Å²) in [6.07, 6.45) is 1.40. The number of nitriles is 1. The van der Waals surface area contributed by atoms with Crippen LogP contribution in [-0.4, -0.2) is 33.3 Å². The summed E-state index contributed by atoms with van der Waals surface area (Å²) >= 11 is 0. The van der Waals surface area contributed by atoms with Crippen molar-refractivity contribution in [3.63, 3.8) is 0 Å². The second kappa shape index (κ2) is 8.00. The summed E-state index contributed by atoms with van der Waals surface area (Å²) in [5.41, 5.74) is 0.298. The number of nitrogens with one attached hydrogen (secondary N) is 1. The minimum absolute atomic E-state index is 0.298. The number of rotatable bonds is 7. The Kier molecular flexibility index (Phi) is 6.34. The van der Waals surface area contributed by atoms with Crippen molar-refractivity contribution in [3.05, 3.63) is 17.7 Å². The van der Waals surface area contributed by atoms with Gasteiger partial charge in [0.2, 0.25) is 0 Å². The maximum Gasteiger partial charge on any atom is 0.256 e. The normalized spacial score (nSPS) is 11.2. The number of carbonyl (C=O) groups is 1. The minimum Gasteiger partial charge on any atom is -0.496 e. The number of methoxy groups -OCH3 is 3. The molecule has 0 bridgehead atoms. The van der Waals surface area contributed by atoms with E-state index >= 15 is 0 Å². The van der Waals surface area contributed by atoms with Crippen molar-refractivity contribution in [1.29, 1.82) is 5.26 Å². The molecule has 6 nitrogen and oxygen atoms in total. The standard InChI is InChI=1S/C15H20N2O4/c1-5-6-10(9-16)17-15(18)11-7-13(20-3)14(21-4)8-12(11)19-2/h7-8,10H,5-6H2,1-4H3,(H,17,18). The maximum atomic E-state index is 12.3. The van der Waals surface area contributed by atoms with E-state index in [0.717, 1.165) is 6.42 Å². The zero-order valence-electron chi connectivity index (χ0n) is 12.7. The molecule has 1 aromatic rings. The number of amides is 1. The highest BCUT2D eigenvalue weighted by Gasteiger charge is 2.20. The molecule has 0 heterocycles. The van der Waals surface area contributed by atoms with Crippen molar-refractivity contribution in [2.24, 2.45) is 0 Å². The molecule has 1 aromatic carbocycles. The van der Waals surface area contributed by atoms with Crippen molar-refractivity contribution < 1.29 is 19.0 Å². The molecule has 1 unspecified atom stereocenters. The van der Waals surface area contributed by atoms with Crippen LogP contribution in [0.25, 0.3) is 0 Å². The van der Waals surface area contributed by atoms with Gasteiger partial charge in [-0.3, -0.25) is 4.79 Å². The van der Waals surface area contributed by atoms with Crippen molar-refractivity contribution in [2.75, 3.05) is 21.3 Å². The maximum absolute atomic E-state index is 12.3. The molecule has 1 amide bonds. The third kappa shape index (κ3) is 4.02. The van der Waals surface area contributed by atoms with Crippen LogP contribution >= 0.6 is 0 Å². The van der Waals surface area contributed by atoms with Gasteiger partial charge < -0.3 is 19.5 Å². The van der Waals surface area contributed by atoms with Crippen LogP contribution in [0.3, 0.4) is 0 Å². The highest BCUT2D eigenvalue weighted by molar-refractivity contribution is 5.98. The molecule has 0 radical (unpaired) electrons. The van der Waals surface area contributed by atoms with Crippen LogP contribution in [-0.2, 0) is 0 Å². The van der Waals surface area contributed by atoms with Crippen LogP contribution in [0.4, 0.5) is 0 Å². The topological polar surface area (TPSA) is 80.6 Å². The van der Waals surface area contributed by atoms with Crippen molar-refractivity contribution >= 4 is 5.91 Å². The van der Waals surface area contributed by atoms with Crippen molar-refractivity contribution in [3.8, 4) is 23.3 Å². The Bertz CT molecular complexity index is 537. The van der Waals surface area contributed by atoms with E-state index in [9.17, 15) is 4.79 Å². The number of carbonyl (C=O) groups excluding carboxylic acids is 1. The van der Waals surface area contributed by atoms with Crippen LogP contribution in [0.5, 0.6) is 17.2 Å². The molecule has 114 valence electrons. The number of nitrogens with zero attached hydrogens (tertiary/aromatic N) is 1. The van der Waals surface area contributed by atoms with E-state index in [1.165, 1.54) is 27.4 Å². The van der Waals surface area contributed by atoms with Gasteiger partial charge in [-0.05, 0) is 6.42 Å². The van der Waals surface area contributed by atoms with E-state index in [0.29, 0.717) is 29.2 Å². The van der Waals surface area contributed by atoms with Crippen LogP contribution in [0.2, 0.25) is 0 Å². The molecule has 6 heteroatoms. The summed E-state index contributed by atoms with van der Waals surface area (Å²) in [6, 6.07) is 4.65. The fraction of sp³-hybridized carbons (Fsp3) is 0.467. The van der Waals surface area contributed by atoms with Gasteiger partial charge in [0.05, 0.1) is 33.0 Å². The average molecular weight is 292 g/mol. The van der Waals surface area contributed by atoms with Gasteiger partial charge in [-0.2, -0.15) is 5.26 Å². The fourth-order valence-electron chi connectivity index (χ4n) is 1.90. The van der Waals surface area contributed by atoms with E-state index in [4.69, 9.17) is 19.5 Å². The Hall–Kier alpha value is -2.42. The molecule has 0 aliphatic rings. The van der Waals surface area contributed by atoms with E-state index < -0.39 is 6.04 Å². The van der Waals surface area contributed by atoms with Crippen LogP contribution in [0, 0.1) is 11.3 Å². The lowest BCUT2D eigenvalue weighted by Crippen LogP contribution is -2.33. The number of ether oxygens (including phenoxy) is 3. The lowest BCUT2D eigenvalue weighted by atomic mass is 10.1. The molecule has 1 atom stereocenters. The zero-order chi connectivity index (χ0) is 15.8. The van der Waals surface area contributed by atoms with E-state index in [1.807, 2.05) is 6.92 Å². The highest BCUT2D eigenvalue weighted by Crippen LogP contribution is 2.34. The first kappa shape index (κ1) is 16.6. The third-order valence-electron chi connectivity index (χ3n) is 2.99. The molecule has 1 rings (SSSR count). The molecule has 0 saturated heterocycles. The van der Waals surface area contributed by atoms with Crippen molar-refractivity contribution in [2.45, 2.75) is 25.8 Å². The lowest BCUT2D eigenvalue weighted by molar-refractivity contribution is 0.0940. The monoisotopic (exact) mass is 292 g/mol. The molecule has 0 aliphatic heterocycles. The first-order valence-corrected chi connectivity index (χ1v) is 6.61.